The van der Waals surface area contributed by atoms with E-state index in [1.54, 1.807) is 0 Å². The number of carbonyl (C=O) groups excluding carboxylic acids is 1. The first-order valence-corrected chi connectivity index (χ1v) is 8.34. The minimum Gasteiger partial charge on any atom is -0.379 e. The minimum atomic E-state index is 0.220. The van der Waals surface area contributed by atoms with Gasteiger partial charge in [0.05, 0.1) is 13.2 Å². The Morgan fingerprint density at radius 1 is 1.27 bits per heavy atom. The number of morpholine rings is 1. The number of hydrogen-bond acceptors (Lipinski definition) is 3. The topological polar surface area (TPSA) is 32.8 Å². The van der Waals surface area contributed by atoms with E-state index in [0.29, 0.717) is 13.0 Å². The van der Waals surface area contributed by atoms with E-state index in [4.69, 9.17) is 4.74 Å². The zero-order chi connectivity index (χ0) is 15.8. The molecule has 0 aromatic heterocycles. The number of amides is 1. The van der Waals surface area contributed by atoms with Crippen molar-refractivity contribution in [1.29, 1.82) is 0 Å². The van der Waals surface area contributed by atoms with Crippen molar-refractivity contribution in [3.05, 3.63) is 35.9 Å². The van der Waals surface area contributed by atoms with Crippen LogP contribution in [0.4, 0.5) is 0 Å². The third kappa shape index (κ3) is 5.11. The Bertz CT molecular complexity index is 444. The second kappa shape index (κ2) is 8.91. The Balaban J connectivity index is 2.00. The predicted molar refractivity (Wildman–Crippen MR) is 88.6 cm³/mol. The van der Waals surface area contributed by atoms with E-state index in [-0.39, 0.29) is 11.9 Å². The Morgan fingerprint density at radius 3 is 2.59 bits per heavy atom. The lowest BCUT2D eigenvalue weighted by Gasteiger charge is -2.35. The molecule has 4 nitrogen and oxygen atoms in total. The maximum absolute atomic E-state index is 12.5. The molecule has 1 aliphatic rings. The summed E-state index contributed by atoms with van der Waals surface area (Å²) in [6.07, 6.45) is 1.52. The van der Waals surface area contributed by atoms with Crippen LogP contribution in [-0.2, 0) is 16.1 Å². The Hall–Kier alpha value is -1.39. The number of benzene rings is 1. The van der Waals surface area contributed by atoms with E-state index < -0.39 is 0 Å². The Kier molecular flexibility index (Phi) is 6.87. The van der Waals surface area contributed by atoms with Crippen molar-refractivity contribution in [2.45, 2.75) is 39.3 Å². The maximum Gasteiger partial charge on any atom is 0.223 e. The fourth-order valence-electron chi connectivity index (χ4n) is 2.88. The minimum absolute atomic E-state index is 0.220. The van der Waals surface area contributed by atoms with Gasteiger partial charge in [-0.1, -0.05) is 37.3 Å². The van der Waals surface area contributed by atoms with Crippen LogP contribution in [0.5, 0.6) is 0 Å². The molecule has 0 bridgehead atoms. The van der Waals surface area contributed by atoms with Crippen molar-refractivity contribution in [1.82, 2.24) is 9.80 Å². The molecule has 2 rings (SSSR count). The van der Waals surface area contributed by atoms with Gasteiger partial charge in [-0.2, -0.15) is 0 Å². The highest BCUT2D eigenvalue weighted by molar-refractivity contribution is 5.76. The van der Waals surface area contributed by atoms with E-state index in [1.807, 2.05) is 23.1 Å². The summed E-state index contributed by atoms with van der Waals surface area (Å²) in [6.45, 7) is 9.37. The molecule has 0 spiro atoms. The van der Waals surface area contributed by atoms with Crippen LogP contribution >= 0.6 is 0 Å². The molecule has 4 heteroatoms. The second-order valence-electron chi connectivity index (χ2n) is 6.02. The Labute approximate surface area is 134 Å². The number of nitrogens with zero attached hydrogens (tertiary/aromatic N) is 2. The zero-order valence-electron chi connectivity index (χ0n) is 13.8. The molecule has 1 aliphatic heterocycles. The zero-order valence-corrected chi connectivity index (χ0v) is 13.8. The van der Waals surface area contributed by atoms with Gasteiger partial charge in [-0.15, -0.1) is 0 Å². The number of rotatable bonds is 7. The molecule has 1 aromatic carbocycles. The van der Waals surface area contributed by atoms with Gasteiger partial charge in [0, 0.05) is 38.6 Å². The summed E-state index contributed by atoms with van der Waals surface area (Å²) in [5, 5.41) is 0. The fourth-order valence-corrected chi connectivity index (χ4v) is 2.88. The van der Waals surface area contributed by atoms with Crippen LogP contribution in [0, 0.1) is 0 Å². The molecular weight excluding hydrogens is 276 g/mol. The standard InChI is InChI=1S/C18H28N2O2/c1-3-7-18(21)20(15-17-8-5-4-6-9-17)16(2)14-19-10-12-22-13-11-19/h4-6,8-9,16H,3,7,10-15H2,1-2H3. The molecule has 1 atom stereocenters. The van der Waals surface area contributed by atoms with Crippen molar-refractivity contribution >= 4 is 5.91 Å². The van der Waals surface area contributed by atoms with Gasteiger partial charge in [0.1, 0.15) is 0 Å². The fraction of sp³-hybridized carbons (Fsp3) is 0.611. The summed E-state index contributed by atoms with van der Waals surface area (Å²) >= 11 is 0. The summed E-state index contributed by atoms with van der Waals surface area (Å²) < 4.78 is 5.40. The summed E-state index contributed by atoms with van der Waals surface area (Å²) in [5.41, 5.74) is 1.20. The first-order valence-electron chi connectivity index (χ1n) is 8.34. The molecule has 22 heavy (non-hydrogen) atoms. The van der Waals surface area contributed by atoms with Crippen LogP contribution in [0.1, 0.15) is 32.3 Å². The van der Waals surface area contributed by atoms with E-state index in [0.717, 1.165) is 39.3 Å². The second-order valence-corrected chi connectivity index (χ2v) is 6.02. The molecular formula is C18H28N2O2. The predicted octanol–water partition coefficient (Wildman–Crippen LogP) is 2.54. The highest BCUT2D eigenvalue weighted by Gasteiger charge is 2.22. The van der Waals surface area contributed by atoms with E-state index in [1.165, 1.54) is 5.56 Å². The molecule has 0 aliphatic carbocycles. The van der Waals surface area contributed by atoms with E-state index in [2.05, 4.69) is 30.9 Å². The molecule has 1 amide bonds. The van der Waals surface area contributed by atoms with Crippen LogP contribution in [0.25, 0.3) is 0 Å². The van der Waals surface area contributed by atoms with Crippen LogP contribution in [0.2, 0.25) is 0 Å². The van der Waals surface area contributed by atoms with E-state index in [9.17, 15) is 4.79 Å². The van der Waals surface area contributed by atoms with Crippen LogP contribution in [0.3, 0.4) is 0 Å². The number of ether oxygens (including phenoxy) is 1. The average molecular weight is 304 g/mol. The first kappa shape index (κ1) is 17.0. The number of carbonyl (C=O) groups is 1. The quantitative estimate of drug-likeness (QED) is 0.776. The highest BCUT2D eigenvalue weighted by Crippen LogP contribution is 2.13. The lowest BCUT2D eigenvalue weighted by Crippen LogP contribution is -2.47. The maximum atomic E-state index is 12.5. The lowest BCUT2D eigenvalue weighted by atomic mass is 10.1. The molecule has 0 radical (unpaired) electrons. The van der Waals surface area contributed by atoms with Gasteiger partial charge in [-0.05, 0) is 18.9 Å². The number of hydrogen-bond donors (Lipinski definition) is 0. The average Bonchev–Trinajstić information content (AvgIpc) is 2.54. The van der Waals surface area contributed by atoms with Gasteiger partial charge >= 0.3 is 0 Å². The summed E-state index contributed by atoms with van der Waals surface area (Å²) in [6, 6.07) is 10.5. The molecule has 122 valence electrons. The molecule has 0 saturated carbocycles. The van der Waals surface area contributed by atoms with Crippen LogP contribution in [0.15, 0.2) is 30.3 Å². The van der Waals surface area contributed by atoms with Crippen LogP contribution in [-0.4, -0.2) is 54.6 Å². The van der Waals surface area contributed by atoms with Gasteiger partial charge < -0.3 is 9.64 Å². The largest absolute Gasteiger partial charge is 0.379 e. The molecule has 1 saturated heterocycles. The molecule has 1 aromatic rings. The van der Waals surface area contributed by atoms with Crippen molar-refractivity contribution in [3.63, 3.8) is 0 Å². The normalized spacial score (nSPS) is 17.2. The first-order chi connectivity index (χ1) is 10.7. The van der Waals surface area contributed by atoms with Crippen molar-refractivity contribution in [2.24, 2.45) is 0 Å². The molecule has 1 unspecified atom stereocenters. The van der Waals surface area contributed by atoms with Crippen molar-refractivity contribution in [2.75, 3.05) is 32.8 Å². The van der Waals surface area contributed by atoms with Crippen molar-refractivity contribution in [3.8, 4) is 0 Å². The highest BCUT2D eigenvalue weighted by atomic mass is 16.5. The van der Waals surface area contributed by atoms with Crippen molar-refractivity contribution < 1.29 is 9.53 Å². The van der Waals surface area contributed by atoms with Gasteiger partial charge in [0.2, 0.25) is 5.91 Å². The monoisotopic (exact) mass is 304 g/mol. The molecule has 0 N–H and O–H groups in total. The third-order valence-electron chi connectivity index (χ3n) is 4.14. The van der Waals surface area contributed by atoms with Gasteiger partial charge in [0.15, 0.2) is 0 Å². The van der Waals surface area contributed by atoms with Crippen LogP contribution < -0.4 is 0 Å². The SMILES string of the molecule is CCCC(=O)N(Cc1ccccc1)C(C)CN1CCOCC1. The van der Waals surface area contributed by atoms with Gasteiger partial charge in [0.25, 0.3) is 0 Å². The third-order valence-corrected chi connectivity index (χ3v) is 4.14. The van der Waals surface area contributed by atoms with Gasteiger partial charge in [-0.3, -0.25) is 9.69 Å². The lowest BCUT2D eigenvalue weighted by molar-refractivity contribution is -0.134. The van der Waals surface area contributed by atoms with E-state index >= 15 is 0 Å². The summed E-state index contributed by atoms with van der Waals surface area (Å²) in [5.74, 6) is 0.257. The van der Waals surface area contributed by atoms with Gasteiger partial charge in [-0.25, -0.2) is 0 Å². The smallest absolute Gasteiger partial charge is 0.223 e. The summed E-state index contributed by atoms with van der Waals surface area (Å²) in [4.78, 5) is 16.9. The molecule has 1 fully saturated rings. The Morgan fingerprint density at radius 2 is 1.95 bits per heavy atom. The molecule has 1 heterocycles. The summed E-state index contributed by atoms with van der Waals surface area (Å²) in [7, 11) is 0.